The third kappa shape index (κ3) is 3.51. The summed E-state index contributed by atoms with van der Waals surface area (Å²) in [7, 11) is -3.46. The third-order valence-electron chi connectivity index (χ3n) is 2.44. The fourth-order valence-electron chi connectivity index (χ4n) is 1.17. The van der Waals surface area contributed by atoms with Crippen molar-refractivity contribution in [3.8, 4) is 0 Å². The number of hydrogen-bond donors (Lipinski definition) is 1. The average Bonchev–Trinajstić information content (AvgIpc) is 2.85. The first-order valence-corrected chi connectivity index (χ1v) is 6.95. The molecule has 1 fully saturated rings. The predicted octanol–water partition coefficient (Wildman–Crippen LogP) is 0.681. The van der Waals surface area contributed by atoms with Crippen LogP contribution in [0.25, 0.3) is 0 Å². The summed E-state index contributed by atoms with van der Waals surface area (Å²) in [6.45, 7) is 8.75. The molecule has 1 rings (SSSR count). The minimum Gasteiger partial charge on any atom is -0.367 e. The Labute approximate surface area is 91.8 Å². The van der Waals surface area contributed by atoms with E-state index in [9.17, 15) is 4.80 Å². The summed E-state index contributed by atoms with van der Waals surface area (Å²) in [5.74, 6) is 0. The van der Waals surface area contributed by atoms with E-state index in [1.165, 1.54) is 0 Å². The van der Waals surface area contributed by atoms with E-state index in [-0.39, 0.29) is 11.7 Å². The Hall–Kier alpha value is 0.0169. The quantitative estimate of drug-likeness (QED) is 0.520. The molecule has 2 unspecified atom stereocenters. The summed E-state index contributed by atoms with van der Waals surface area (Å²) < 4.78 is 21.0. The van der Waals surface area contributed by atoms with Crippen molar-refractivity contribution < 1.29 is 22.8 Å². The van der Waals surface area contributed by atoms with Crippen LogP contribution in [0.15, 0.2) is 0 Å². The summed E-state index contributed by atoms with van der Waals surface area (Å²) in [6, 6.07) is 0. The van der Waals surface area contributed by atoms with Crippen LogP contribution in [0.3, 0.4) is 0 Å². The Balaban J connectivity index is 2.49. The van der Waals surface area contributed by atoms with E-state index in [1.807, 2.05) is 13.8 Å². The highest BCUT2D eigenvalue weighted by molar-refractivity contribution is 6.52. The topological polar surface area (TPSA) is 60.5 Å². The number of rotatable bonds is 7. The second-order valence-electron chi connectivity index (χ2n) is 3.75. The van der Waals surface area contributed by atoms with Crippen LogP contribution in [-0.2, 0) is 18.0 Å². The van der Waals surface area contributed by atoms with Crippen LogP contribution in [0.1, 0.15) is 27.7 Å². The molecule has 0 spiro atoms. The molecule has 0 aromatic rings. The normalized spacial score (nSPS) is 27.8. The molecule has 15 heavy (non-hydrogen) atoms. The highest BCUT2D eigenvalue weighted by Gasteiger charge is 2.52. The molecule has 0 aromatic heterocycles. The van der Waals surface area contributed by atoms with E-state index in [4.69, 9.17) is 18.0 Å². The molecule has 0 amide bonds. The Kier molecular flexibility index (Phi) is 4.27. The molecule has 6 heteroatoms. The van der Waals surface area contributed by atoms with Gasteiger partial charge in [0, 0.05) is 13.2 Å². The SMILES string of the molecule is CCO[Si](O)(OCC)OC(C)C1(C)CO1. The molecule has 0 aliphatic carbocycles. The van der Waals surface area contributed by atoms with E-state index in [2.05, 4.69) is 0 Å². The molecule has 1 heterocycles. The molecule has 0 bridgehead atoms. The van der Waals surface area contributed by atoms with Crippen molar-refractivity contribution in [3.05, 3.63) is 0 Å². The van der Waals surface area contributed by atoms with Crippen LogP contribution < -0.4 is 0 Å². The average molecular weight is 236 g/mol. The molecule has 1 aliphatic rings. The molecule has 5 nitrogen and oxygen atoms in total. The van der Waals surface area contributed by atoms with Gasteiger partial charge >= 0.3 is 9.05 Å². The highest BCUT2D eigenvalue weighted by Crippen LogP contribution is 2.33. The van der Waals surface area contributed by atoms with E-state index < -0.39 is 9.05 Å². The zero-order valence-electron chi connectivity index (χ0n) is 9.78. The van der Waals surface area contributed by atoms with Gasteiger partial charge in [0.15, 0.2) is 0 Å². The monoisotopic (exact) mass is 236 g/mol. The van der Waals surface area contributed by atoms with Crippen LogP contribution >= 0.6 is 0 Å². The Morgan fingerprint density at radius 2 is 1.87 bits per heavy atom. The van der Waals surface area contributed by atoms with Crippen LogP contribution in [0.2, 0.25) is 0 Å². The van der Waals surface area contributed by atoms with Crippen molar-refractivity contribution in [3.63, 3.8) is 0 Å². The van der Waals surface area contributed by atoms with Gasteiger partial charge in [0.05, 0.1) is 12.7 Å². The van der Waals surface area contributed by atoms with Crippen molar-refractivity contribution in [2.45, 2.75) is 39.4 Å². The van der Waals surface area contributed by atoms with E-state index in [1.54, 1.807) is 13.8 Å². The Morgan fingerprint density at radius 3 is 2.20 bits per heavy atom. The molecular formula is C9H20O5Si. The minimum absolute atomic E-state index is 0.229. The van der Waals surface area contributed by atoms with Gasteiger partial charge < -0.3 is 22.8 Å². The van der Waals surface area contributed by atoms with Gasteiger partial charge in [-0.25, -0.2) is 0 Å². The van der Waals surface area contributed by atoms with Gasteiger partial charge in [-0.3, -0.25) is 0 Å². The first kappa shape index (κ1) is 13.1. The lowest BCUT2D eigenvalue weighted by Crippen LogP contribution is -2.50. The van der Waals surface area contributed by atoms with Crippen molar-refractivity contribution in [1.29, 1.82) is 0 Å². The van der Waals surface area contributed by atoms with Gasteiger partial charge in [-0.05, 0) is 27.7 Å². The van der Waals surface area contributed by atoms with Gasteiger partial charge in [-0.2, -0.15) is 0 Å². The van der Waals surface area contributed by atoms with Crippen molar-refractivity contribution in [1.82, 2.24) is 0 Å². The lowest BCUT2D eigenvalue weighted by Gasteiger charge is -2.27. The van der Waals surface area contributed by atoms with Crippen molar-refractivity contribution in [2.75, 3.05) is 19.8 Å². The van der Waals surface area contributed by atoms with Gasteiger partial charge in [-0.1, -0.05) is 0 Å². The summed E-state index contributed by atoms with van der Waals surface area (Å²) in [6.07, 6.45) is -0.229. The molecule has 1 aliphatic heterocycles. The fraction of sp³-hybridized carbons (Fsp3) is 1.00. The second kappa shape index (κ2) is 4.90. The van der Waals surface area contributed by atoms with Crippen molar-refractivity contribution in [2.24, 2.45) is 0 Å². The molecular weight excluding hydrogens is 216 g/mol. The molecule has 0 saturated carbocycles. The molecule has 2 atom stereocenters. The number of ether oxygens (including phenoxy) is 1. The number of epoxide rings is 1. The zero-order chi connectivity index (χ0) is 11.5. The van der Waals surface area contributed by atoms with Crippen molar-refractivity contribution >= 4 is 9.05 Å². The Bertz CT molecular complexity index is 201. The summed E-state index contributed by atoms with van der Waals surface area (Å²) in [4.78, 5) is 9.99. The summed E-state index contributed by atoms with van der Waals surface area (Å²) >= 11 is 0. The molecule has 90 valence electrons. The first-order chi connectivity index (χ1) is 6.96. The lowest BCUT2D eigenvalue weighted by molar-refractivity contribution is -0.0420. The maximum Gasteiger partial charge on any atom is 0.677 e. The van der Waals surface area contributed by atoms with Crippen LogP contribution in [0, 0.1) is 0 Å². The van der Waals surface area contributed by atoms with Gasteiger partial charge in [0.1, 0.15) is 5.60 Å². The standard InChI is InChI=1S/C9H20O5Si/c1-5-12-15(10,13-6-2)14-8(3)9(4)7-11-9/h8,10H,5-7H2,1-4H3. The minimum atomic E-state index is -3.46. The van der Waals surface area contributed by atoms with Gasteiger partial charge in [0.2, 0.25) is 0 Å². The maximum absolute atomic E-state index is 9.99. The zero-order valence-corrected chi connectivity index (χ0v) is 10.8. The van der Waals surface area contributed by atoms with E-state index in [0.29, 0.717) is 19.8 Å². The summed E-state index contributed by atoms with van der Waals surface area (Å²) in [5, 5.41) is 0. The lowest BCUT2D eigenvalue weighted by atomic mass is 10.1. The highest BCUT2D eigenvalue weighted by atomic mass is 28.4. The smallest absolute Gasteiger partial charge is 0.367 e. The molecule has 0 aromatic carbocycles. The fourth-order valence-corrected chi connectivity index (χ4v) is 2.82. The number of hydrogen-bond acceptors (Lipinski definition) is 5. The van der Waals surface area contributed by atoms with Crippen LogP contribution in [0.5, 0.6) is 0 Å². The van der Waals surface area contributed by atoms with Crippen LogP contribution in [0.4, 0.5) is 0 Å². The summed E-state index contributed by atoms with van der Waals surface area (Å²) in [5.41, 5.74) is -0.296. The predicted molar refractivity (Wildman–Crippen MR) is 56.1 cm³/mol. The Morgan fingerprint density at radius 1 is 1.40 bits per heavy atom. The molecule has 1 N–H and O–H groups in total. The second-order valence-corrected chi connectivity index (χ2v) is 5.61. The van der Waals surface area contributed by atoms with Gasteiger partial charge in [-0.15, -0.1) is 0 Å². The van der Waals surface area contributed by atoms with Crippen LogP contribution in [-0.4, -0.2) is 45.4 Å². The third-order valence-corrected chi connectivity index (χ3v) is 4.40. The maximum atomic E-state index is 9.99. The first-order valence-electron chi connectivity index (χ1n) is 5.28. The van der Waals surface area contributed by atoms with E-state index >= 15 is 0 Å². The molecule has 1 saturated heterocycles. The largest absolute Gasteiger partial charge is 0.677 e. The van der Waals surface area contributed by atoms with Gasteiger partial charge in [0.25, 0.3) is 0 Å². The van der Waals surface area contributed by atoms with E-state index in [0.717, 1.165) is 0 Å². The molecule has 0 radical (unpaired) electrons.